The Morgan fingerprint density at radius 1 is 1.19 bits per heavy atom. The molecule has 0 spiro atoms. The summed E-state index contributed by atoms with van der Waals surface area (Å²) in [6.07, 6.45) is 3.59. The Labute approximate surface area is 157 Å². The van der Waals surface area contributed by atoms with E-state index >= 15 is 0 Å². The van der Waals surface area contributed by atoms with E-state index in [4.69, 9.17) is 19.3 Å². The van der Waals surface area contributed by atoms with Gasteiger partial charge in [0.05, 0.1) is 6.61 Å². The molecule has 1 aliphatic rings. The third-order valence-electron chi connectivity index (χ3n) is 4.40. The molecule has 0 amide bonds. The van der Waals surface area contributed by atoms with Gasteiger partial charge in [-0.15, -0.1) is 0 Å². The number of hydrogen-bond acceptors (Lipinski definition) is 4. The number of fused-ring (bicyclic) bond motifs is 1. The third kappa shape index (κ3) is 5.69. The van der Waals surface area contributed by atoms with Crippen molar-refractivity contribution in [1.29, 1.82) is 0 Å². The van der Waals surface area contributed by atoms with Crippen molar-refractivity contribution in [3.05, 3.63) is 58.9 Å². The van der Waals surface area contributed by atoms with Crippen LogP contribution in [0.3, 0.4) is 0 Å². The second-order valence-corrected chi connectivity index (χ2v) is 6.55. The zero-order valence-corrected chi connectivity index (χ0v) is 15.1. The normalized spacial score (nSPS) is 12.9. The Morgan fingerprint density at radius 2 is 2.07 bits per heavy atom. The van der Waals surface area contributed by atoms with Crippen LogP contribution in [0.25, 0.3) is 0 Å². The lowest BCUT2D eigenvalue weighted by atomic mass is 10.1. The predicted molar refractivity (Wildman–Crippen MR) is 97.3 cm³/mol. The Balaban J connectivity index is 1.56. The summed E-state index contributed by atoms with van der Waals surface area (Å²) in [5.74, 6) is 0.261. The number of carboxylic acids is 1. The maximum atomic E-state index is 13.8. The fourth-order valence-corrected chi connectivity index (χ4v) is 3.10. The van der Waals surface area contributed by atoms with Crippen LogP contribution in [0.15, 0.2) is 36.4 Å². The summed E-state index contributed by atoms with van der Waals surface area (Å²) >= 11 is 0. The largest absolute Gasteiger partial charge is 0.489 e. The Hall–Kier alpha value is -2.60. The molecular weight excluding hydrogens is 351 g/mol. The van der Waals surface area contributed by atoms with E-state index in [0.717, 1.165) is 24.8 Å². The molecule has 0 radical (unpaired) electrons. The lowest BCUT2D eigenvalue weighted by Crippen LogP contribution is -2.14. The summed E-state index contributed by atoms with van der Waals surface area (Å²) in [6, 6.07) is 10.6. The monoisotopic (exact) mass is 374 g/mol. The van der Waals surface area contributed by atoms with E-state index < -0.39 is 5.97 Å². The number of halogens is 1. The quantitative estimate of drug-likeness (QED) is 0.657. The maximum Gasteiger partial charge on any atom is 0.303 e. The van der Waals surface area contributed by atoms with Crippen molar-refractivity contribution in [3.8, 4) is 11.5 Å². The zero-order valence-electron chi connectivity index (χ0n) is 15.1. The number of aryl methyl sites for hydroxylation is 1. The number of rotatable bonds is 9. The highest BCUT2D eigenvalue weighted by Crippen LogP contribution is 2.30. The smallest absolute Gasteiger partial charge is 0.303 e. The number of carbonyl (C=O) groups is 1. The van der Waals surface area contributed by atoms with Crippen LogP contribution in [0.5, 0.6) is 11.5 Å². The van der Waals surface area contributed by atoms with Gasteiger partial charge in [0.25, 0.3) is 0 Å². The molecule has 0 fully saturated rings. The van der Waals surface area contributed by atoms with E-state index in [1.165, 1.54) is 12.1 Å². The van der Waals surface area contributed by atoms with Crippen LogP contribution in [-0.2, 0) is 29.2 Å². The fraction of sp³-hybridized carbons (Fsp3) is 0.381. The first-order valence-electron chi connectivity index (χ1n) is 9.07. The Kier molecular flexibility index (Phi) is 6.65. The van der Waals surface area contributed by atoms with Crippen molar-refractivity contribution >= 4 is 5.97 Å². The fourth-order valence-electron chi connectivity index (χ4n) is 3.10. The van der Waals surface area contributed by atoms with Crippen LogP contribution >= 0.6 is 0 Å². The van der Waals surface area contributed by atoms with Crippen molar-refractivity contribution in [2.75, 3.05) is 6.79 Å². The highest BCUT2D eigenvalue weighted by molar-refractivity contribution is 5.66. The number of aliphatic carboxylic acids is 1. The molecule has 0 saturated heterocycles. The molecule has 27 heavy (non-hydrogen) atoms. The van der Waals surface area contributed by atoms with Crippen LogP contribution in [0.2, 0.25) is 0 Å². The zero-order chi connectivity index (χ0) is 19.1. The van der Waals surface area contributed by atoms with E-state index in [-0.39, 0.29) is 25.6 Å². The van der Waals surface area contributed by atoms with Crippen LogP contribution in [-0.4, -0.2) is 17.9 Å². The number of carboxylic acid groups (broad SMARTS) is 1. The van der Waals surface area contributed by atoms with Crippen molar-refractivity contribution < 1.29 is 28.5 Å². The van der Waals surface area contributed by atoms with E-state index in [9.17, 15) is 9.18 Å². The van der Waals surface area contributed by atoms with Crippen LogP contribution < -0.4 is 9.47 Å². The maximum absolute atomic E-state index is 13.8. The molecule has 144 valence electrons. The molecule has 2 aromatic rings. The molecule has 0 aliphatic carbocycles. The molecule has 0 aromatic heterocycles. The van der Waals surface area contributed by atoms with Gasteiger partial charge in [-0.1, -0.05) is 18.6 Å². The molecular formula is C21H23FO5. The molecule has 0 bridgehead atoms. The van der Waals surface area contributed by atoms with Gasteiger partial charge < -0.3 is 19.3 Å². The summed E-state index contributed by atoms with van der Waals surface area (Å²) in [7, 11) is 0. The first-order valence-corrected chi connectivity index (χ1v) is 9.07. The average Bonchev–Trinajstić information content (AvgIpc) is 2.66. The van der Waals surface area contributed by atoms with Gasteiger partial charge in [-0.25, -0.2) is 4.39 Å². The topological polar surface area (TPSA) is 65.0 Å². The summed E-state index contributed by atoms with van der Waals surface area (Å²) in [6.45, 7) is 0.697. The molecule has 0 unspecified atom stereocenters. The minimum absolute atomic E-state index is 0.156. The van der Waals surface area contributed by atoms with Gasteiger partial charge in [-0.05, 0) is 49.1 Å². The Bertz CT molecular complexity index is 790. The van der Waals surface area contributed by atoms with Gasteiger partial charge in [0.2, 0.25) is 0 Å². The van der Waals surface area contributed by atoms with Gasteiger partial charge in [-0.2, -0.15) is 0 Å². The lowest BCUT2D eigenvalue weighted by Gasteiger charge is -2.21. The third-order valence-corrected chi connectivity index (χ3v) is 4.40. The SMILES string of the molecule is O=C(O)CCCCCc1cccc(OCc2cc(F)cc3c2OCOC3)c1. The van der Waals surface area contributed by atoms with Gasteiger partial charge in [-0.3, -0.25) is 4.79 Å². The molecule has 3 rings (SSSR count). The van der Waals surface area contributed by atoms with E-state index in [0.29, 0.717) is 35.7 Å². The average molecular weight is 374 g/mol. The molecule has 0 saturated carbocycles. The first kappa shape index (κ1) is 19.2. The van der Waals surface area contributed by atoms with E-state index in [1.54, 1.807) is 0 Å². The second kappa shape index (κ2) is 9.37. The molecule has 5 nitrogen and oxygen atoms in total. The van der Waals surface area contributed by atoms with Crippen molar-refractivity contribution in [2.45, 2.75) is 45.3 Å². The van der Waals surface area contributed by atoms with Crippen LogP contribution in [0, 0.1) is 5.82 Å². The summed E-state index contributed by atoms with van der Waals surface area (Å²) in [4.78, 5) is 10.5. The predicted octanol–water partition coefficient (Wildman–Crippen LogP) is 4.46. The number of ether oxygens (including phenoxy) is 3. The van der Waals surface area contributed by atoms with Gasteiger partial charge >= 0.3 is 5.97 Å². The summed E-state index contributed by atoms with van der Waals surface area (Å²) in [5, 5.41) is 8.65. The second-order valence-electron chi connectivity index (χ2n) is 6.55. The lowest BCUT2D eigenvalue weighted by molar-refractivity contribution is -0.137. The van der Waals surface area contributed by atoms with Crippen LogP contribution in [0.1, 0.15) is 42.4 Å². The minimum Gasteiger partial charge on any atom is -0.489 e. The first-order chi connectivity index (χ1) is 13.1. The standard InChI is InChI=1S/C21H23FO5/c22-18-10-16-12-25-14-27-21(16)17(11-18)13-26-19-7-4-6-15(9-19)5-2-1-3-8-20(23)24/h4,6-7,9-11H,1-3,5,8,12-14H2,(H,23,24). The van der Waals surface area contributed by atoms with E-state index in [2.05, 4.69) is 0 Å². The van der Waals surface area contributed by atoms with Gasteiger partial charge in [0.15, 0.2) is 6.79 Å². The summed E-state index contributed by atoms with van der Waals surface area (Å²) < 4.78 is 30.3. The van der Waals surface area contributed by atoms with Gasteiger partial charge in [0, 0.05) is 17.5 Å². The number of hydrogen-bond donors (Lipinski definition) is 1. The molecule has 1 N–H and O–H groups in total. The van der Waals surface area contributed by atoms with Gasteiger partial charge in [0.1, 0.15) is 23.9 Å². The highest BCUT2D eigenvalue weighted by atomic mass is 19.1. The minimum atomic E-state index is -0.750. The van der Waals surface area contributed by atoms with Crippen LogP contribution in [0.4, 0.5) is 4.39 Å². The molecule has 2 aromatic carbocycles. The van der Waals surface area contributed by atoms with Crippen molar-refractivity contribution in [2.24, 2.45) is 0 Å². The van der Waals surface area contributed by atoms with E-state index in [1.807, 2.05) is 24.3 Å². The number of benzene rings is 2. The molecule has 0 atom stereocenters. The van der Waals surface area contributed by atoms with Crippen molar-refractivity contribution in [1.82, 2.24) is 0 Å². The Morgan fingerprint density at radius 3 is 2.93 bits per heavy atom. The number of unbranched alkanes of at least 4 members (excludes halogenated alkanes) is 2. The highest BCUT2D eigenvalue weighted by Gasteiger charge is 2.17. The summed E-state index contributed by atoms with van der Waals surface area (Å²) in [5.41, 5.74) is 2.48. The molecule has 1 heterocycles. The molecule has 6 heteroatoms. The van der Waals surface area contributed by atoms with Crippen molar-refractivity contribution in [3.63, 3.8) is 0 Å². The molecule has 1 aliphatic heterocycles.